The second-order valence-electron chi connectivity index (χ2n) is 10.8. The SMILES string of the molecule is CCC#CC1CCC(C2CCC(C3CC=C(OC(F)(F)c4ccc(C)c(F)c4F)CC3)CC2)CC1. The first-order chi connectivity index (χ1) is 16.8. The van der Waals surface area contributed by atoms with Gasteiger partial charge in [0.25, 0.3) is 0 Å². The Kier molecular flexibility index (Phi) is 8.50. The molecule has 1 unspecified atom stereocenters. The second-order valence-corrected chi connectivity index (χ2v) is 10.8. The number of aryl methyl sites for hydroxylation is 1. The van der Waals surface area contributed by atoms with Crippen molar-refractivity contribution >= 4 is 0 Å². The lowest BCUT2D eigenvalue weighted by atomic mass is 9.66. The summed E-state index contributed by atoms with van der Waals surface area (Å²) in [4.78, 5) is 0. The molecule has 2 saturated carbocycles. The van der Waals surface area contributed by atoms with E-state index in [4.69, 9.17) is 4.74 Å². The maximum atomic E-state index is 14.6. The molecule has 2 fully saturated rings. The van der Waals surface area contributed by atoms with Crippen LogP contribution in [0.1, 0.15) is 95.1 Å². The van der Waals surface area contributed by atoms with Gasteiger partial charge in [-0.05, 0) is 113 Å². The van der Waals surface area contributed by atoms with E-state index in [1.54, 1.807) is 6.08 Å². The van der Waals surface area contributed by atoms with E-state index in [-0.39, 0.29) is 11.3 Å². The van der Waals surface area contributed by atoms with E-state index >= 15 is 0 Å². The molecule has 4 rings (SSSR count). The third kappa shape index (κ3) is 6.25. The average molecular weight is 491 g/mol. The molecule has 0 radical (unpaired) electrons. The molecule has 192 valence electrons. The smallest absolute Gasteiger partial charge is 0.429 e. The van der Waals surface area contributed by atoms with Gasteiger partial charge in [-0.1, -0.05) is 18.9 Å². The van der Waals surface area contributed by atoms with E-state index < -0.39 is 23.3 Å². The summed E-state index contributed by atoms with van der Waals surface area (Å²) in [6.45, 7) is 3.45. The largest absolute Gasteiger partial charge is 0.434 e. The number of allylic oxidation sites excluding steroid dienone is 2. The lowest BCUT2D eigenvalue weighted by molar-refractivity contribution is -0.228. The van der Waals surface area contributed by atoms with Crippen LogP contribution in [-0.2, 0) is 10.8 Å². The maximum absolute atomic E-state index is 14.6. The summed E-state index contributed by atoms with van der Waals surface area (Å²) >= 11 is 0. The van der Waals surface area contributed by atoms with Crippen LogP contribution >= 0.6 is 0 Å². The first kappa shape index (κ1) is 26.1. The molecule has 0 aromatic heterocycles. The molecule has 1 aromatic rings. The number of halogens is 4. The third-order valence-electron chi connectivity index (χ3n) is 8.66. The highest BCUT2D eigenvalue weighted by molar-refractivity contribution is 5.28. The Morgan fingerprint density at radius 3 is 2.03 bits per heavy atom. The van der Waals surface area contributed by atoms with Crippen molar-refractivity contribution in [1.29, 1.82) is 0 Å². The van der Waals surface area contributed by atoms with Gasteiger partial charge in [-0.3, -0.25) is 0 Å². The van der Waals surface area contributed by atoms with Crippen LogP contribution in [0, 0.1) is 60.0 Å². The maximum Gasteiger partial charge on any atom is 0.429 e. The lowest BCUT2D eigenvalue weighted by Gasteiger charge is -2.40. The average Bonchev–Trinajstić information content (AvgIpc) is 2.86. The van der Waals surface area contributed by atoms with Gasteiger partial charge < -0.3 is 4.74 Å². The summed E-state index contributed by atoms with van der Waals surface area (Å²) in [6.07, 6.45) is 10.9. The van der Waals surface area contributed by atoms with Crippen molar-refractivity contribution in [3.05, 3.63) is 46.7 Å². The van der Waals surface area contributed by atoms with Crippen LogP contribution in [0.2, 0.25) is 0 Å². The van der Waals surface area contributed by atoms with Gasteiger partial charge in [-0.15, -0.1) is 5.92 Å². The first-order valence-corrected chi connectivity index (χ1v) is 13.5. The van der Waals surface area contributed by atoms with Crippen molar-refractivity contribution in [2.75, 3.05) is 0 Å². The molecular formula is C30H38F4O. The second kappa shape index (κ2) is 11.4. The van der Waals surface area contributed by atoms with Gasteiger partial charge in [0.15, 0.2) is 11.6 Å². The Balaban J connectivity index is 1.25. The highest BCUT2D eigenvalue weighted by Gasteiger charge is 2.40. The van der Waals surface area contributed by atoms with Crippen LogP contribution in [0.25, 0.3) is 0 Å². The van der Waals surface area contributed by atoms with Gasteiger partial charge in [0, 0.05) is 18.8 Å². The van der Waals surface area contributed by atoms with Crippen molar-refractivity contribution in [1.82, 2.24) is 0 Å². The monoisotopic (exact) mass is 490 g/mol. The fourth-order valence-electron chi connectivity index (χ4n) is 6.51. The normalized spacial score (nSPS) is 29.7. The molecule has 1 atom stereocenters. The minimum Gasteiger partial charge on any atom is -0.434 e. The Morgan fingerprint density at radius 1 is 0.857 bits per heavy atom. The summed E-state index contributed by atoms with van der Waals surface area (Å²) < 4.78 is 62.0. The van der Waals surface area contributed by atoms with E-state index in [0.29, 0.717) is 30.6 Å². The van der Waals surface area contributed by atoms with Crippen molar-refractivity contribution in [3.8, 4) is 11.8 Å². The molecule has 3 aliphatic rings. The van der Waals surface area contributed by atoms with Crippen LogP contribution in [0.5, 0.6) is 0 Å². The summed E-state index contributed by atoms with van der Waals surface area (Å²) in [5.41, 5.74) is -1.06. The topological polar surface area (TPSA) is 9.23 Å². The Bertz CT molecular complexity index is 957. The molecule has 0 amide bonds. The zero-order chi connectivity index (χ0) is 25.0. The van der Waals surface area contributed by atoms with E-state index in [2.05, 4.69) is 18.8 Å². The number of hydrogen-bond donors (Lipinski definition) is 0. The van der Waals surface area contributed by atoms with E-state index in [0.717, 1.165) is 36.8 Å². The number of hydrogen-bond acceptors (Lipinski definition) is 1. The number of alkyl halides is 2. The van der Waals surface area contributed by atoms with Crippen LogP contribution in [0.15, 0.2) is 24.0 Å². The minimum atomic E-state index is -3.89. The molecule has 0 spiro atoms. The molecule has 35 heavy (non-hydrogen) atoms. The quantitative estimate of drug-likeness (QED) is 0.295. The predicted octanol–water partition coefficient (Wildman–Crippen LogP) is 9.05. The van der Waals surface area contributed by atoms with Crippen molar-refractivity contribution in [3.63, 3.8) is 0 Å². The van der Waals surface area contributed by atoms with Crippen LogP contribution in [-0.4, -0.2) is 0 Å². The molecule has 0 saturated heterocycles. The molecule has 5 heteroatoms. The molecule has 1 aromatic carbocycles. The highest BCUT2D eigenvalue weighted by Crippen LogP contribution is 2.46. The van der Waals surface area contributed by atoms with E-state index in [1.807, 2.05) is 0 Å². The number of rotatable bonds is 5. The summed E-state index contributed by atoms with van der Waals surface area (Å²) in [7, 11) is 0. The zero-order valence-corrected chi connectivity index (χ0v) is 21.0. The van der Waals surface area contributed by atoms with E-state index in [9.17, 15) is 17.6 Å². The van der Waals surface area contributed by atoms with Gasteiger partial charge in [0.2, 0.25) is 0 Å². The van der Waals surface area contributed by atoms with Gasteiger partial charge in [0.1, 0.15) is 5.56 Å². The van der Waals surface area contributed by atoms with Gasteiger partial charge in [-0.25, -0.2) is 8.78 Å². The summed E-state index contributed by atoms with van der Waals surface area (Å²) in [6, 6.07) is 2.06. The summed E-state index contributed by atoms with van der Waals surface area (Å²) in [5.74, 6) is 7.47. The first-order valence-electron chi connectivity index (χ1n) is 13.5. The molecule has 0 heterocycles. The molecule has 0 N–H and O–H groups in total. The minimum absolute atomic E-state index is 0.00883. The number of benzene rings is 1. The third-order valence-corrected chi connectivity index (χ3v) is 8.66. The Morgan fingerprint density at radius 2 is 1.46 bits per heavy atom. The van der Waals surface area contributed by atoms with E-state index in [1.165, 1.54) is 58.3 Å². The Hall–Kier alpha value is -1.96. The number of ether oxygens (including phenoxy) is 1. The highest BCUT2D eigenvalue weighted by atomic mass is 19.3. The van der Waals surface area contributed by atoms with Crippen molar-refractivity contribution in [2.45, 2.75) is 97.0 Å². The fourth-order valence-corrected chi connectivity index (χ4v) is 6.51. The van der Waals surface area contributed by atoms with Gasteiger partial charge in [-0.2, -0.15) is 8.78 Å². The van der Waals surface area contributed by atoms with Gasteiger partial charge in [0.05, 0.1) is 5.76 Å². The van der Waals surface area contributed by atoms with Crippen molar-refractivity contribution in [2.24, 2.45) is 29.6 Å². The predicted molar refractivity (Wildman–Crippen MR) is 130 cm³/mol. The Labute approximate surface area is 207 Å². The molecule has 1 nitrogen and oxygen atoms in total. The standard InChI is InChI=1S/C30H38F4O/c1-3-4-5-21-7-9-22(10-8-21)23-11-13-24(14-12-23)25-15-17-26(18-16-25)35-30(33,34)27-19-6-20(2)28(31)29(27)32/h6,17,19,21-25H,3,7-16,18H2,1-2H3. The fraction of sp³-hybridized carbons (Fsp3) is 0.667. The molecule has 3 aliphatic carbocycles. The molecule has 0 aliphatic heterocycles. The van der Waals surface area contributed by atoms with Gasteiger partial charge >= 0.3 is 6.11 Å². The lowest BCUT2D eigenvalue weighted by Crippen LogP contribution is -2.29. The molecule has 0 bridgehead atoms. The van der Waals surface area contributed by atoms with Crippen LogP contribution in [0.4, 0.5) is 17.6 Å². The zero-order valence-electron chi connectivity index (χ0n) is 21.0. The molecular weight excluding hydrogens is 452 g/mol. The van der Waals surface area contributed by atoms with Crippen LogP contribution < -0.4 is 0 Å². The van der Waals surface area contributed by atoms with Crippen LogP contribution in [0.3, 0.4) is 0 Å². The summed E-state index contributed by atoms with van der Waals surface area (Å²) in [5, 5.41) is 0. The van der Waals surface area contributed by atoms with Crippen molar-refractivity contribution < 1.29 is 22.3 Å².